The summed E-state index contributed by atoms with van der Waals surface area (Å²) in [6, 6.07) is 17.6. The Labute approximate surface area is 199 Å². The largest absolute Gasteiger partial charge is 0.457 e. The number of thioether (sulfide) groups is 1. The predicted octanol–water partition coefficient (Wildman–Crippen LogP) is 7.04. The van der Waals surface area contributed by atoms with Gasteiger partial charge in [0.05, 0.1) is 4.91 Å². The Kier molecular flexibility index (Phi) is 6.28. The van der Waals surface area contributed by atoms with Crippen LogP contribution in [-0.4, -0.2) is 27.0 Å². The molecule has 0 N–H and O–H groups in total. The molecule has 2 aliphatic rings. The molecule has 32 heavy (non-hydrogen) atoms. The van der Waals surface area contributed by atoms with Gasteiger partial charge in [0.2, 0.25) is 0 Å². The van der Waals surface area contributed by atoms with Crippen LogP contribution in [0.2, 0.25) is 0 Å². The number of carbonyl (C=O) groups excluding carboxylic acids is 1. The van der Waals surface area contributed by atoms with Crippen LogP contribution in [0.3, 0.4) is 0 Å². The van der Waals surface area contributed by atoms with Crippen molar-refractivity contribution >= 4 is 50.7 Å². The van der Waals surface area contributed by atoms with Gasteiger partial charge in [-0.25, -0.2) is 9.98 Å². The highest BCUT2D eigenvalue weighted by molar-refractivity contribution is 9.10. The molecule has 1 saturated carbocycles. The predicted molar refractivity (Wildman–Crippen MR) is 132 cm³/mol. The molecule has 1 saturated heterocycles. The number of halogens is 1. The molecule has 0 atom stereocenters. The van der Waals surface area contributed by atoms with Crippen LogP contribution in [-0.2, 0) is 4.79 Å². The van der Waals surface area contributed by atoms with Gasteiger partial charge in [0.25, 0.3) is 5.91 Å². The van der Waals surface area contributed by atoms with Crippen LogP contribution in [0, 0.1) is 0 Å². The number of aromatic nitrogens is 1. The van der Waals surface area contributed by atoms with Gasteiger partial charge in [-0.1, -0.05) is 53.4 Å². The maximum absolute atomic E-state index is 13.4. The van der Waals surface area contributed by atoms with Gasteiger partial charge in [-0.05, 0) is 61.0 Å². The molecule has 1 amide bonds. The quantitative estimate of drug-likeness (QED) is 0.355. The standard InChI is InChI=1S/C25H22BrN3O2S/c26-18-11-9-17(10-12-18)21-14-13-20(31-21)16-22-24(30)29(19-6-2-1-3-7-19)25(32-22)28-23-8-4-5-15-27-23/h4-5,8-16,19H,1-3,6-7H2/b22-16+,28-25+. The third kappa shape index (κ3) is 4.59. The number of rotatable bonds is 4. The number of pyridine rings is 1. The zero-order valence-electron chi connectivity index (χ0n) is 17.4. The molecule has 5 nitrogen and oxygen atoms in total. The summed E-state index contributed by atoms with van der Waals surface area (Å²) in [6.07, 6.45) is 9.07. The van der Waals surface area contributed by atoms with Crippen LogP contribution >= 0.6 is 27.7 Å². The van der Waals surface area contributed by atoms with E-state index < -0.39 is 0 Å². The van der Waals surface area contributed by atoms with Crippen molar-refractivity contribution < 1.29 is 9.21 Å². The molecule has 0 bridgehead atoms. The molecule has 3 heterocycles. The van der Waals surface area contributed by atoms with Crippen LogP contribution in [0.1, 0.15) is 37.9 Å². The number of carbonyl (C=O) groups is 1. The normalized spacial score (nSPS) is 19.9. The summed E-state index contributed by atoms with van der Waals surface area (Å²) in [5, 5.41) is 0.700. The van der Waals surface area contributed by atoms with Crippen LogP contribution in [0.15, 0.2) is 79.6 Å². The number of amides is 1. The van der Waals surface area contributed by atoms with E-state index in [0.29, 0.717) is 21.7 Å². The Morgan fingerprint density at radius 2 is 1.88 bits per heavy atom. The minimum Gasteiger partial charge on any atom is -0.457 e. The fraction of sp³-hybridized carbons (Fsp3) is 0.240. The van der Waals surface area contributed by atoms with E-state index in [-0.39, 0.29) is 11.9 Å². The van der Waals surface area contributed by atoms with Crippen molar-refractivity contribution in [3.05, 3.63) is 75.9 Å². The van der Waals surface area contributed by atoms with Crippen molar-refractivity contribution in [3.63, 3.8) is 0 Å². The minimum atomic E-state index is -0.00169. The second-order valence-electron chi connectivity index (χ2n) is 7.87. The summed E-state index contributed by atoms with van der Waals surface area (Å²) in [5.74, 6) is 2.03. The van der Waals surface area contributed by atoms with Crippen LogP contribution in [0.4, 0.5) is 5.82 Å². The SMILES string of the molecule is O=C1/C(=C\c2ccc(-c3ccc(Br)cc3)o2)S/C(=N/c2ccccn2)N1C1CCCCC1. The Morgan fingerprint density at radius 1 is 1.06 bits per heavy atom. The monoisotopic (exact) mass is 507 g/mol. The summed E-state index contributed by atoms with van der Waals surface area (Å²) < 4.78 is 7.05. The number of benzene rings is 1. The fourth-order valence-electron chi connectivity index (χ4n) is 4.07. The lowest BCUT2D eigenvalue weighted by atomic mass is 9.94. The third-order valence-electron chi connectivity index (χ3n) is 5.67. The Hall–Kier alpha value is -2.64. The second-order valence-corrected chi connectivity index (χ2v) is 9.79. The van der Waals surface area contributed by atoms with Crippen molar-refractivity contribution in [2.24, 2.45) is 4.99 Å². The molecule has 5 rings (SSSR count). The molecule has 162 valence electrons. The zero-order valence-corrected chi connectivity index (χ0v) is 19.8. The summed E-state index contributed by atoms with van der Waals surface area (Å²) in [6.45, 7) is 0. The van der Waals surface area contributed by atoms with Gasteiger partial charge >= 0.3 is 0 Å². The van der Waals surface area contributed by atoms with Gasteiger partial charge < -0.3 is 4.42 Å². The molecule has 2 fully saturated rings. The highest BCUT2D eigenvalue weighted by atomic mass is 79.9. The number of amidine groups is 1. The maximum Gasteiger partial charge on any atom is 0.267 e. The first kappa shape index (κ1) is 21.2. The molecule has 1 aliphatic carbocycles. The minimum absolute atomic E-state index is 0.00169. The number of nitrogens with zero attached hydrogens (tertiary/aromatic N) is 3. The Balaban J connectivity index is 1.45. The summed E-state index contributed by atoms with van der Waals surface area (Å²) >= 11 is 4.85. The molecule has 1 aromatic carbocycles. The molecule has 0 unspecified atom stereocenters. The molecule has 0 radical (unpaired) electrons. The summed E-state index contributed by atoms with van der Waals surface area (Å²) in [5.41, 5.74) is 0.990. The van der Waals surface area contributed by atoms with E-state index in [2.05, 4.69) is 20.9 Å². The average molecular weight is 508 g/mol. The third-order valence-corrected chi connectivity index (χ3v) is 7.18. The second kappa shape index (κ2) is 9.46. The molecule has 0 spiro atoms. The first-order valence-corrected chi connectivity index (χ1v) is 12.4. The first-order valence-electron chi connectivity index (χ1n) is 10.8. The molecule has 2 aromatic heterocycles. The van der Waals surface area contributed by atoms with Gasteiger partial charge in [0.15, 0.2) is 11.0 Å². The van der Waals surface area contributed by atoms with Crippen molar-refractivity contribution in [2.75, 3.05) is 0 Å². The number of aliphatic imine (C=N–C) groups is 1. The number of hydrogen-bond donors (Lipinski definition) is 0. The Morgan fingerprint density at radius 3 is 2.62 bits per heavy atom. The molecule has 7 heteroatoms. The lowest BCUT2D eigenvalue weighted by Gasteiger charge is -2.30. The summed E-state index contributed by atoms with van der Waals surface area (Å²) in [4.78, 5) is 25.0. The van der Waals surface area contributed by atoms with Gasteiger partial charge in [0.1, 0.15) is 11.5 Å². The van der Waals surface area contributed by atoms with Crippen molar-refractivity contribution in [1.29, 1.82) is 0 Å². The fourth-order valence-corrected chi connectivity index (χ4v) is 5.36. The first-order chi connectivity index (χ1) is 15.7. The maximum atomic E-state index is 13.4. The van der Waals surface area contributed by atoms with E-state index in [1.165, 1.54) is 18.2 Å². The Bertz CT molecular complexity index is 1170. The van der Waals surface area contributed by atoms with Crippen LogP contribution < -0.4 is 0 Å². The van der Waals surface area contributed by atoms with E-state index in [4.69, 9.17) is 9.41 Å². The van der Waals surface area contributed by atoms with Crippen molar-refractivity contribution in [2.45, 2.75) is 38.1 Å². The highest BCUT2D eigenvalue weighted by Gasteiger charge is 2.39. The molecule has 1 aliphatic heterocycles. The van der Waals surface area contributed by atoms with E-state index in [1.54, 1.807) is 6.20 Å². The van der Waals surface area contributed by atoms with E-state index in [1.807, 2.05) is 65.6 Å². The van der Waals surface area contributed by atoms with E-state index in [0.717, 1.165) is 41.5 Å². The number of hydrogen-bond acceptors (Lipinski definition) is 5. The van der Waals surface area contributed by atoms with Gasteiger partial charge in [-0.15, -0.1) is 0 Å². The van der Waals surface area contributed by atoms with Crippen molar-refractivity contribution in [3.8, 4) is 11.3 Å². The smallest absolute Gasteiger partial charge is 0.267 e. The van der Waals surface area contributed by atoms with E-state index in [9.17, 15) is 4.79 Å². The van der Waals surface area contributed by atoms with Crippen molar-refractivity contribution in [1.82, 2.24) is 9.88 Å². The molecule has 3 aromatic rings. The summed E-state index contributed by atoms with van der Waals surface area (Å²) in [7, 11) is 0. The molecular weight excluding hydrogens is 486 g/mol. The van der Waals surface area contributed by atoms with Crippen LogP contribution in [0.25, 0.3) is 17.4 Å². The van der Waals surface area contributed by atoms with Gasteiger partial charge in [-0.3, -0.25) is 9.69 Å². The lowest BCUT2D eigenvalue weighted by molar-refractivity contribution is -0.124. The van der Waals surface area contributed by atoms with Gasteiger partial charge in [-0.2, -0.15) is 0 Å². The zero-order chi connectivity index (χ0) is 21.9. The molecular formula is C25H22BrN3O2S. The van der Waals surface area contributed by atoms with E-state index >= 15 is 0 Å². The highest BCUT2D eigenvalue weighted by Crippen LogP contribution is 2.38. The topological polar surface area (TPSA) is 58.7 Å². The average Bonchev–Trinajstić information content (AvgIpc) is 3.40. The number of furan rings is 1. The van der Waals surface area contributed by atoms with Gasteiger partial charge in [0, 0.05) is 28.4 Å². The van der Waals surface area contributed by atoms with Crippen LogP contribution in [0.5, 0.6) is 0 Å². The lowest BCUT2D eigenvalue weighted by Crippen LogP contribution is -2.40.